The van der Waals surface area contributed by atoms with E-state index in [4.69, 9.17) is 4.74 Å². The topological polar surface area (TPSA) is 85.0 Å². The molecule has 0 bridgehead atoms. The first-order valence-corrected chi connectivity index (χ1v) is 10.6. The van der Waals surface area contributed by atoms with Crippen molar-refractivity contribution in [3.8, 4) is 0 Å². The second kappa shape index (κ2) is 11.0. The quantitative estimate of drug-likeness (QED) is 0.443. The maximum absolute atomic E-state index is 12.0. The number of H-pyrrole nitrogens is 1. The average molecular weight is 415 g/mol. The van der Waals surface area contributed by atoms with Crippen LogP contribution in [0.25, 0.3) is 10.9 Å². The normalized spacial score (nSPS) is 15.4. The molecule has 3 N–H and O–H groups in total. The van der Waals surface area contributed by atoms with E-state index < -0.39 is 0 Å². The summed E-state index contributed by atoms with van der Waals surface area (Å²) in [7, 11) is 3.49. The van der Waals surface area contributed by atoms with E-state index in [-0.39, 0.29) is 12.5 Å². The van der Waals surface area contributed by atoms with Crippen molar-refractivity contribution < 1.29 is 9.53 Å². The van der Waals surface area contributed by atoms with Crippen molar-refractivity contribution >= 4 is 22.8 Å². The first-order valence-electron chi connectivity index (χ1n) is 10.6. The number of nitrogens with zero attached hydrogens (tertiary/aromatic N) is 3. The summed E-state index contributed by atoms with van der Waals surface area (Å²) in [5, 5.41) is 8.03. The van der Waals surface area contributed by atoms with Gasteiger partial charge in [-0.3, -0.25) is 9.69 Å². The summed E-state index contributed by atoms with van der Waals surface area (Å²) >= 11 is 0. The fourth-order valence-corrected chi connectivity index (χ4v) is 3.58. The van der Waals surface area contributed by atoms with E-state index in [1.54, 1.807) is 19.0 Å². The third-order valence-electron chi connectivity index (χ3n) is 5.39. The first-order chi connectivity index (χ1) is 14.5. The summed E-state index contributed by atoms with van der Waals surface area (Å²) in [6.45, 7) is 8.18. The number of aryl methyl sites for hydroxylation is 1. The van der Waals surface area contributed by atoms with E-state index in [1.165, 1.54) is 22.2 Å². The molecule has 8 nitrogen and oxygen atoms in total. The highest BCUT2D eigenvalue weighted by Crippen LogP contribution is 2.21. The van der Waals surface area contributed by atoms with Gasteiger partial charge >= 0.3 is 0 Å². The number of rotatable bonds is 8. The number of morpholine rings is 1. The van der Waals surface area contributed by atoms with Gasteiger partial charge in [-0.05, 0) is 25.0 Å². The highest BCUT2D eigenvalue weighted by Gasteiger charge is 2.11. The van der Waals surface area contributed by atoms with Gasteiger partial charge in [-0.2, -0.15) is 0 Å². The lowest BCUT2D eigenvalue weighted by atomic mass is 10.1. The summed E-state index contributed by atoms with van der Waals surface area (Å²) in [6.07, 6.45) is 0.877. The number of hydrogen-bond acceptors (Lipinski definition) is 4. The second-order valence-electron chi connectivity index (χ2n) is 7.78. The highest BCUT2D eigenvalue weighted by molar-refractivity contribution is 5.86. The van der Waals surface area contributed by atoms with Crippen molar-refractivity contribution in [3.05, 3.63) is 35.5 Å². The molecule has 1 aromatic carbocycles. The fraction of sp³-hybridized carbons (Fsp3) is 0.545. The van der Waals surface area contributed by atoms with Crippen LogP contribution in [-0.2, 0) is 16.0 Å². The van der Waals surface area contributed by atoms with E-state index in [0.29, 0.717) is 5.96 Å². The van der Waals surface area contributed by atoms with Crippen LogP contribution in [0.3, 0.4) is 0 Å². The van der Waals surface area contributed by atoms with Gasteiger partial charge in [0.1, 0.15) is 6.54 Å². The zero-order valence-corrected chi connectivity index (χ0v) is 18.3. The van der Waals surface area contributed by atoms with Crippen LogP contribution < -0.4 is 10.6 Å². The molecule has 1 aliphatic heterocycles. The van der Waals surface area contributed by atoms with Gasteiger partial charge in [-0.1, -0.05) is 18.2 Å². The van der Waals surface area contributed by atoms with Crippen molar-refractivity contribution in [1.82, 2.24) is 25.4 Å². The number of likely N-dealkylation sites (N-methyl/N-ethyl adjacent to an activating group) is 1. The molecule has 1 amide bonds. The minimum atomic E-state index is -0.0169. The van der Waals surface area contributed by atoms with Gasteiger partial charge in [-0.15, -0.1) is 0 Å². The second-order valence-corrected chi connectivity index (χ2v) is 7.78. The third-order valence-corrected chi connectivity index (χ3v) is 5.39. The van der Waals surface area contributed by atoms with E-state index in [1.807, 2.05) is 6.07 Å². The third kappa shape index (κ3) is 6.21. The summed E-state index contributed by atoms with van der Waals surface area (Å²) in [4.78, 5) is 23.8. The van der Waals surface area contributed by atoms with E-state index in [0.717, 1.165) is 52.4 Å². The molecule has 0 atom stereocenters. The molecular formula is C22H34N6O2. The molecule has 0 spiro atoms. The van der Waals surface area contributed by atoms with Gasteiger partial charge < -0.3 is 25.3 Å². The molecule has 0 radical (unpaired) electrons. The largest absolute Gasteiger partial charge is 0.379 e. The van der Waals surface area contributed by atoms with Crippen LogP contribution in [0.2, 0.25) is 0 Å². The number of benzene rings is 1. The zero-order chi connectivity index (χ0) is 21.3. The van der Waals surface area contributed by atoms with Crippen LogP contribution in [0, 0.1) is 6.92 Å². The van der Waals surface area contributed by atoms with Crippen molar-refractivity contribution in [2.75, 3.05) is 66.6 Å². The number of nitrogens with one attached hydrogen (secondary N) is 3. The average Bonchev–Trinajstić information content (AvgIpc) is 3.07. The Hall–Kier alpha value is -2.58. The summed E-state index contributed by atoms with van der Waals surface area (Å²) < 4.78 is 5.40. The number of carbonyl (C=O) groups excluding carboxylic acids is 1. The molecule has 0 unspecified atom stereocenters. The van der Waals surface area contributed by atoms with Crippen LogP contribution >= 0.6 is 0 Å². The summed E-state index contributed by atoms with van der Waals surface area (Å²) in [5.41, 5.74) is 3.67. The monoisotopic (exact) mass is 414 g/mol. The molecule has 8 heteroatoms. The SMILES string of the molecule is Cc1[nH]c2ccccc2c1CCNC(=NCC(=O)N(C)C)NCCN1CCOCC1. The van der Waals surface area contributed by atoms with Crippen LogP contribution in [0.5, 0.6) is 0 Å². The molecule has 1 aromatic heterocycles. The molecule has 3 rings (SSSR count). The molecule has 2 aromatic rings. The number of hydrogen-bond donors (Lipinski definition) is 3. The number of aliphatic imine (C=N–C) groups is 1. The number of guanidine groups is 1. The van der Waals surface area contributed by atoms with E-state index in [2.05, 4.69) is 50.6 Å². The lowest BCUT2D eigenvalue weighted by molar-refractivity contribution is -0.127. The van der Waals surface area contributed by atoms with Gasteiger partial charge in [0, 0.05) is 63.4 Å². The Bertz CT molecular complexity index is 854. The Morgan fingerprint density at radius 3 is 2.70 bits per heavy atom. The first kappa shape index (κ1) is 22.1. The number of carbonyl (C=O) groups is 1. The summed E-state index contributed by atoms with van der Waals surface area (Å²) in [6, 6.07) is 8.37. The van der Waals surface area contributed by atoms with Crippen LogP contribution in [-0.4, -0.2) is 93.2 Å². The molecule has 1 fully saturated rings. The zero-order valence-electron chi connectivity index (χ0n) is 18.3. The Balaban J connectivity index is 1.55. The smallest absolute Gasteiger partial charge is 0.243 e. The number of ether oxygens (including phenoxy) is 1. The van der Waals surface area contributed by atoms with Crippen LogP contribution in [0.1, 0.15) is 11.3 Å². The van der Waals surface area contributed by atoms with E-state index in [9.17, 15) is 4.79 Å². The maximum atomic E-state index is 12.0. The van der Waals surface area contributed by atoms with Crippen molar-refractivity contribution in [1.29, 1.82) is 0 Å². The lowest BCUT2D eigenvalue weighted by Gasteiger charge is -2.26. The number of fused-ring (bicyclic) bond motifs is 1. The van der Waals surface area contributed by atoms with Gasteiger partial charge in [0.05, 0.1) is 13.2 Å². The highest BCUT2D eigenvalue weighted by atomic mass is 16.5. The van der Waals surface area contributed by atoms with Gasteiger partial charge in [0.25, 0.3) is 0 Å². The van der Waals surface area contributed by atoms with Gasteiger partial charge in [-0.25, -0.2) is 4.99 Å². The summed E-state index contributed by atoms with van der Waals surface area (Å²) in [5.74, 6) is 0.660. The Labute approximate surface area is 178 Å². The standard InChI is InChI=1S/C22H34N6O2/c1-17-18(19-6-4-5-7-20(19)26-17)8-9-23-22(25-16-21(29)27(2)3)24-10-11-28-12-14-30-15-13-28/h4-7,26H,8-16H2,1-3H3,(H2,23,24,25). The minimum absolute atomic E-state index is 0.0169. The van der Waals surface area contributed by atoms with Crippen molar-refractivity contribution in [3.63, 3.8) is 0 Å². The maximum Gasteiger partial charge on any atom is 0.243 e. The molecule has 30 heavy (non-hydrogen) atoms. The lowest BCUT2D eigenvalue weighted by Crippen LogP contribution is -2.45. The van der Waals surface area contributed by atoms with Crippen molar-refractivity contribution in [2.45, 2.75) is 13.3 Å². The molecule has 1 aliphatic rings. The number of amides is 1. The molecule has 0 aliphatic carbocycles. The van der Waals surface area contributed by atoms with Crippen LogP contribution in [0.4, 0.5) is 0 Å². The molecule has 2 heterocycles. The minimum Gasteiger partial charge on any atom is -0.379 e. The Morgan fingerprint density at radius 1 is 1.20 bits per heavy atom. The molecule has 0 saturated carbocycles. The molecule has 1 saturated heterocycles. The van der Waals surface area contributed by atoms with Crippen LogP contribution in [0.15, 0.2) is 29.3 Å². The van der Waals surface area contributed by atoms with E-state index >= 15 is 0 Å². The number of para-hydroxylation sites is 1. The molecular weight excluding hydrogens is 380 g/mol. The van der Waals surface area contributed by atoms with Crippen molar-refractivity contribution in [2.24, 2.45) is 4.99 Å². The molecule has 164 valence electrons. The van der Waals surface area contributed by atoms with Gasteiger partial charge in [0.15, 0.2) is 5.96 Å². The number of aromatic nitrogens is 1. The fourth-order valence-electron chi connectivity index (χ4n) is 3.58. The van der Waals surface area contributed by atoms with Gasteiger partial charge in [0.2, 0.25) is 5.91 Å². The predicted molar refractivity (Wildman–Crippen MR) is 121 cm³/mol. The predicted octanol–water partition coefficient (Wildman–Crippen LogP) is 0.974. The number of aromatic amines is 1. The Morgan fingerprint density at radius 2 is 1.93 bits per heavy atom. The Kier molecular flexibility index (Phi) is 8.10.